The fraction of sp³-hybridized carbons (Fsp3) is 0.222. The molecule has 1 rings (SSSR count). The smallest absolute Gasteiger partial charge is 0.387 e. The maximum atomic E-state index is 12.0. The molecule has 0 aliphatic heterocycles. The van der Waals surface area contributed by atoms with E-state index in [0.717, 1.165) is 12.1 Å². The van der Waals surface area contributed by atoms with Crippen molar-refractivity contribution in [2.45, 2.75) is 12.7 Å². The number of halogens is 2. The first kappa shape index (κ1) is 13.1. The zero-order valence-electron chi connectivity index (χ0n) is 8.43. The first-order chi connectivity index (χ1) is 7.93. The first-order valence-electron chi connectivity index (χ1n) is 4.41. The summed E-state index contributed by atoms with van der Waals surface area (Å²) in [4.78, 5) is 10.5. The quantitative estimate of drug-likeness (QED) is 0.451. The summed E-state index contributed by atoms with van der Waals surface area (Å²) >= 11 is 0. The second kappa shape index (κ2) is 5.41. The van der Waals surface area contributed by atoms with E-state index >= 15 is 0 Å². The Morgan fingerprint density at radius 2 is 2.06 bits per heavy atom. The SMILES string of the molecule is NNc1cc(OC(F)F)cc(C(O)C(=O)O)c1. The van der Waals surface area contributed by atoms with Gasteiger partial charge in [0, 0.05) is 6.07 Å². The Balaban J connectivity index is 3.08. The van der Waals surface area contributed by atoms with Crippen molar-refractivity contribution in [2.24, 2.45) is 5.84 Å². The highest BCUT2D eigenvalue weighted by Gasteiger charge is 2.18. The summed E-state index contributed by atoms with van der Waals surface area (Å²) in [5, 5.41) is 17.8. The maximum absolute atomic E-state index is 12.0. The van der Waals surface area contributed by atoms with Crippen LogP contribution >= 0.6 is 0 Å². The average molecular weight is 248 g/mol. The number of hydrazine groups is 1. The van der Waals surface area contributed by atoms with E-state index in [1.54, 1.807) is 0 Å². The number of rotatable bonds is 5. The zero-order valence-corrected chi connectivity index (χ0v) is 8.43. The molecule has 94 valence electrons. The maximum Gasteiger partial charge on any atom is 0.387 e. The summed E-state index contributed by atoms with van der Waals surface area (Å²) in [7, 11) is 0. The molecule has 0 radical (unpaired) electrons. The predicted octanol–water partition coefficient (Wildman–Crippen LogP) is 0.692. The topological polar surface area (TPSA) is 105 Å². The van der Waals surface area contributed by atoms with Gasteiger partial charge in [-0.1, -0.05) is 0 Å². The molecule has 0 bridgehead atoms. The number of nitrogens with two attached hydrogens (primary N) is 1. The zero-order chi connectivity index (χ0) is 13.0. The highest BCUT2D eigenvalue weighted by atomic mass is 19.3. The van der Waals surface area contributed by atoms with Crippen molar-refractivity contribution in [2.75, 3.05) is 5.43 Å². The van der Waals surface area contributed by atoms with Crippen molar-refractivity contribution in [3.05, 3.63) is 23.8 Å². The molecule has 0 heterocycles. The second-order valence-electron chi connectivity index (χ2n) is 3.05. The van der Waals surface area contributed by atoms with Gasteiger partial charge in [0.05, 0.1) is 5.69 Å². The van der Waals surface area contributed by atoms with Gasteiger partial charge in [-0.05, 0) is 17.7 Å². The van der Waals surface area contributed by atoms with Gasteiger partial charge in [0.15, 0.2) is 6.10 Å². The first-order valence-corrected chi connectivity index (χ1v) is 4.41. The number of nitrogens with one attached hydrogen (secondary N) is 1. The molecule has 0 aliphatic carbocycles. The number of alkyl halides is 2. The van der Waals surface area contributed by atoms with Gasteiger partial charge in [0.25, 0.3) is 0 Å². The summed E-state index contributed by atoms with van der Waals surface area (Å²) in [6, 6.07) is 3.34. The number of hydrogen-bond donors (Lipinski definition) is 4. The van der Waals surface area contributed by atoms with Crippen LogP contribution in [0.3, 0.4) is 0 Å². The van der Waals surface area contributed by atoms with Crippen molar-refractivity contribution < 1.29 is 28.5 Å². The third-order valence-corrected chi connectivity index (χ3v) is 1.87. The van der Waals surface area contributed by atoms with E-state index in [9.17, 15) is 18.7 Å². The number of aliphatic hydroxyl groups is 1. The molecule has 0 amide bonds. The molecule has 1 atom stereocenters. The van der Waals surface area contributed by atoms with Crippen molar-refractivity contribution in [1.29, 1.82) is 0 Å². The fourth-order valence-electron chi connectivity index (χ4n) is 1.18. The minimum Gasteiger partial charge on any atom is -0.479 e. The van der Waals surface area contributed by atoms with E-state index in [-0.39, 0.29) is 17.0 Å². The van der Waals surface area contributed by atoms with E-state index in [1.807, 2.05) is 0 Å². The van der Waals surface area contributed by atoms with Crippen LogP contribution in [0.5, 0.6) is 5.75 Å². The Labute approximate surface area is 94.6 Å². The number of anilines is 1. The summed E-state index contributed by atoms with van der Waals surface area (Å²) in [6.07, 6.45) is -1.84. The van der Waals surface area contributed by atoms with Crippen LogP contribution in [0.4, 0.5) is 14.5 Å². The number of aliphatic hydroxyl groups excluding tert-OH is 1. The minimum atomic E-state index is -3.06. The van der Waals surface area contributed by atoms with Gasteiger partial charge >= 0.3 is 12.6 Å². The highest BCUT2D eigenvalue weighted by Crippen LogP contribution is 2.26. The lowest BCUT2D eigenvalue weighted by atomic mass is 10.1. The lowest BCUT2D eigenvalue weighted by molar-refractivity contribution is -0.146. The molecule has 0 aromatic heterocycles. The summed E-state index contributed by atoms with van der Waals surface area (Å²) in [5.74, 6) is 3.26. The molecule has 5 N–H and O–H groups in total. The Morgan fingerprint density at radius 1 is 1.41 bits per heavy atom. The van der Waals surface area contributed by atoms with Crippen LogP contribution in [0.15, 0.2) is 18.2 Å². The molecule has 0 fully saturated rings. The number of carbonyl (C=O) groups is 1. The van der Waals surface area contributed by atoms with Crippen molar-refractivity contribution in [3.8, 4) is 5.75 Å². The fourth-order valence-corrected chi connectivity index (χ4v) is 1.18. The summed E-state index contributed by atoms with van der Waals surface area (Å²) < 4.78 is 28.1. The van der Waals surface area contributed by atoms with Crippen molar-refractivity contribution in [1.82, 2.24) is 0 Å². The molecule has 0 saturated heterocycles. The van der Waals surface area contributed by atoms with Gasteiger partial charge in [-0.15, -0.1) is 0 Å². The number of aliphatic carboxylic acids is 1. The van der Waals surface area contributed by atoms with Crippen LogP contribution < -0.4 is 16.0 Å². The van der Waals surface area contributed by atoms with Gasteiger partial charge in [0.1, 0.15) is 5.75 Å². The molecule has 17 heavy (non-hydrogen) atoms. The van der Waals surface area contributed by atoms with E-state index < -0.39 is 18.7 Å². The summed E-state index contributed by atoms with van der Waals surface area (Å²) in [6.45, 7) is -3.06. The Morgan fingerprint density at radius 3 is 2.53 bits per heavy atom. The molecule has 1 aromatic rings. The predicted molar refractivity (Wildman–Crippen MR) is 53.5 cm³/mol. The number of hydrogen-bond acceptors (Lipinski definition) is 5. The largest absolute Gasteiger partial charge is 0.479 e. The van der Waals surface area contributed by atoms with E-state index in [4.69, 9.17) is 10.9 Å². The van der Waals surface area contributed by atoms with Gasteiger partial charge in [0.2, 0.25) is 0 Å². The van der Waals surface area contributed by atoms with Gasteiger partial charge in [-0.3, -0.25) is 5.84 Å². The molecular weight excluding hydrogens is 238 g/mol. The van der Waals surface area contributed by atoms with E-state index in [0.29, 0.717) is 0 Å². The van der Waals surface area contributed by atoms with Gasteiger partial charge < -0.3 is 20.4 Å². The molecule has 1 unspecified atom stereocenters. The van der Waals surface area contributed by atoms with Crippen LogP contribution in [-0.4, -0.2) is 22.8 Å². The van der Waals surface area contributed by atoms with Crippen molar-refractivity contribution >= 4 is 11.7 Å². The molecule has 0 aliphatic rings. The summed E-state index contributed by atoms with van der Waals surface area (Å²) in [5.41, 5.74) is 2.16. The Bertz CT molecular complexity index is 414. The van der Waals surface area contributed by atoms with Crippen LogP contribution in [0, 0.1) is 0 Å². The number of carboxylic acids is 1. The van der Waals surface area contributed by atoms with Crippen LogP contribution in [0.1, 0.15) is 11.7 Å². The Kier molecular flexibility index (Phi) is 4.18. The lowest BCUT2D eigenvalue weighted by Crippen LogP contribution is -2.13. The standard InChI is InChI=1S/C9H10F2N2O4/c10-9(11)17-6-2-4(7(14)8(15)16)1-5(3-6)13-12/h1-3,7,9,13-14H,12H2,(H,15,16). The van der Waals surface area contributed by atoms with Gasteiger partial charge in [-0.25, -0.2) is 4.79 Å². The molecule has 0 saturated carbocycles. The second-order valence-corrected chi connectivity index (χ2v) is 3.05. The molecular formula is C9H10F2N2O4. The molecule has 0 spiro atoms. The van der Waals surface area contributed by atoms with Crippen LogP contribution in [0.2, 0.25) is 0 Å². The van der Waals surface area contributed by atoms with E-state index in [2.05, 4.69) is 10.2 Å². The normalized spacial score (nSPS) is 12.3. The number of benzene rings is 1. The molecule has 1 aromatic carbocycles. The van der Waals surface area contributed by atoms with E-state index in [1.165, 1.54) is 6.07 Å². The molecule has 6 nitrogen and oxygen atoms in total. The number of ether oxygens (including phenoxy) is 1. The van der Waals surface area contributed by atoms with Crippen LogP contribution in [0.25, 0.3) is 0 Å². The van der Waals surface area contributed by atoms with Gasteiger partial charge in [-0.2, -0.15) is 8.78 Å². The minimum absolute atomic E-state index is 0.122. The Hall–Kier alpha value is -1.93. The monoisotopic (exact) mass is 248 g/mol. The van der Waals surface area contributed by atoms with Crippen LogP contribution in [-0.2, 0) is 4.79 Å². The molecule has 8 heteroatoms. The van der Waals surface area contributed by atoms with Crippen molar-refractivity contribution in [3.63, 3.8) is 0 Å². The lowest BCUT2D eigenvalue weighted by Gasteiger charge is -2.12. The average Bonchev–Trinajstić information content (AvgIpc) is 2.26. The number of nitrogen functional groups attached to an aromatic ring is 1. The third kappa shape index (κ3) is 3.54. The highest BCUT2D eigenvalue weighted by molar-refractivity contribution is 5.75. The number of carboxylic acid groups (broad SMARTS) is 1. The third-order valence-electron chi connectivity index (χ3n) is 1.87.